The monoisotopic (exact) mass is 793 g/mol. The van der Waals surface area contributed by atoms with Gasteiger partial charge in [0.2, 0.25) is 11.8 Å². The number of methoxy groups -OCH3 is 1. The number of para-hydroxylation sites is 2. The summed E-state index contributed by atoms with van der Waals surface area (Å²) in [5.41, 5.74) is 5.78. The van der Waals surface area contributed by atoms with Crippen molar-refractivity contribution in [3.63, 3.8) is 0 Å². The third kappa shape index (κ3) is 10.9. The zero-order valence-electron chi connectivity index (χ0n) is 34.3. The molecule has 8 bridgehead atoms. The number of nitrogens with one attached hydrogen (secondary N) is 3. The zero-order chi connectivity index (χ0) is 41.9. The van der Waals surface area contributed by atoms with Crippen molar-refractivity contribution in [2.75, 3.05) is 32.2 Å². The van der Waals surface area contributed by atoms with Gasteiger partial charge in [0.1, 0.15) is 35.6 Å². The van der Waals surface area contributed by atoms with E-state index < -0.39 is 17.9 Å². The predicted octanol–water partition coefficient (Wildman–Crippen LogP) is 6.74. The molecule has 308 valence electrons. The van der Waals surface area contributed by atoms with Gasteiger partial charge in [0, 0.05) is 55.0 Å². The number of aromatic hydroxyl groups is 2. The summed E-state index contributed by atoms with van der Waals surface area (Å²) in [4.78, 5) is 51.2. The number of fused-ring (bicyclic) bond motifs is 8. The summed E-state index contributed by atoms with van der Waals surface area (Å²) in [7, 11) is 1.25. The van der Waals surface area contributed by atoms with Crippen LogP contribution < -0.4 is 25.4 Å². The first-order chi connectivity index (χ1) is 27.8. The van der Waals surface area contributed by atoms with Gasteiger partial charge in [-0.25, -0.2) is 0 Å². The van der Waals surface area contributed by atoms with Crippen LogP contribution in [0.2, 0.25) is 0 Å². The Kier molecular flexibility index (Phi) is 14.8. The van der Waals surface area contributed by atoms with Crippen LogP contribution in [-0.4, -0.2) is 66.8 Å². The molecule has 12 nitrogen and oxygen atoms in total. The summed E-state index contributed by atoms with van der Waals surface area (Å²) in [5, 5.41) is 32.4. The predicted molar refractivity (Wildman–Crippen MR) is 222 cm³/mol. The van der Waals surface area contributed by atoms with Gasteiger partial charge in [0.25, 0.3) is 5.91 Å². The SMILES string of the molecule is CCCOc1c2cccc1Cc1cc(C(=O)NCC(=O)OC)cc(c1O)Cc1cccc(c1OCCC)Cc1cc(NC(=O)[C@@H](CC(C)C)NC(C)=O)cc(c1O)C2. The van der Waals surface area contributed by atoms with E-state index in [0.29, 0.717) is 59.1 Å². The second kappa shape index (κ2) is 19.9. The van der Waals surface area contributed by atoms with Crippen LogP contribution in [0, 0.1) is 5.92 Å². The molecular weight excluding hydrogens is 739 g/mol. The van der Waals surface area contributed by atoms with Gasteiger partial charge in [-0.2, -0.15) is 0 Å². The number of rotatable bonds is 14. The first-order valence-electron chi connectivity index (χ1n) is 19.9. The fourth-order valence-corrected chi connectivity index (χ4v) is 7.20. The summed E-state index contributed by atoms with van der Waals surface area (Å²) in [6.45, 7) is 9.84. The Morgan fingerprint density at radius 3 is 1.55 bits per heavy atom. The van der Waals surface area contributed by atoms with Crippen molar-refractivity contribution >= 4 is 29.4 Å². The van der Waals surface area contributed by atoms with Crippen LogP contribution in [0.5, 0.6) is 23.0 Å². The van der Waals surface area contributed by atoms with Crippen LogP contribution in [0.1, 0.15) is 109 Å². The van der Waals surface area contributed by atoms with Crippen LogP contribution in [0.25, 0.3) is 0 Å². The van der Waals surface area contributed by atoms with Gasteiger partial charge >= 0.3 is 5.97 Å². The first-order valence-corrected chi connectivity index (χ1v) is 19.9. The van der Waals surface area contributed by atoms with E-state index in [1.165, 1.54) is 14.0 Å². The van der Waals surface area contributed by atoms with Crippen molar-refractivity contribution in [1.29, 1.82) is 0 Å². The van der Waals surface area contributed by atoms with Crippen molar-refractivity contribution in [2.24, 2.45) is 5.92 Å². The van der Waals surface area contributed by atoms with Crippen LogP contribution in [-0.2, 0) is 44.8 Å². The lowest BCUT2D eigenvalue weighted by Crippen LogP contribution is -2.43. The van der Waals surface area contributed by atoms with Crippen molar-refractivity contribution in [2.45, 2.75) is 85.6 Å². The molecule has 3 amide bonds. The van der Waals surface area contributed by atoms with Gasteiger partial charge in [-0.1, -0.05) is 64.1 Å². The van der Waals surface area contributed by atoms with E-state index in [1.807, 2.05) is 64.1 Å². The molecule has 0 saturated heterocycles. The topological polar surface area (TPSA) is 173 Å². The second-order valence-electron chi connectivity index (χ2n) is 15.1. The fourth-order valence-electron chi connectivity index (χ4n) is 7.20. The van der Waals surface area contributed by atoms with Gasteiger partial charge in [0.05, 0.1) is 20.3 Å². The fraction of sp³-hybridized carbons (Fsp3) is 0.391. The second-order valence-corrected chi connectivity index (χ2v) is 15.1. The quantitative estimate of drug-likeness (QED) is 0.0603. The summed E-state index contributed by atoms with van der Waals surface area (Å²) < 4.78 is 17.5. The maximum atomic E-state index is 13.7. The number of anilines is 1. The van der Waals surface area contributed by atoms with Gasteiger partial charge in [-0.3, -0.25) is 19.2 Å². The smallest absolute Gasteiger partial charge is 0.325 e. The zero-order valence-corrected chi connectivity index (χ0v) is 34.3. The number of carbonyl (C=O) groups excluding carboxylic acids is 4. The third-order valence-electron chi connectivity index (χ3n) is 9.87. The molecule has 0 aromatic heterocycles. The Morgan fingerprint density at radius 1 is 0.707 bits per heavy atom. The minimum absolute atomic E-state index is 0.0218. The number of benzene rings is 4. The van der Waals surface area contributed by atoms with Gasteiger partial charge < -0.3 is 40.4 Å². The van der Waals surface area contributed by atoms with E-state index in [4.69, 9.17) is 14.2 Å². The highest BCUT2D eigenvalue weighted by molar-refractivity contribution is 5.97. The molecule has 1 aliphatic carbocycles. The van der Waals surface area contributed by atoms with Crippen LogP contribution in [0.3, 0.4) is 0 Å². The van der Waals surface area contributed by atoms with E-state index in [2.05, 4.69) is 16.0 Å². The Bertz CT molecular complexity index is 2040. The van der Waals surface area contributed by atoms with Gasteiger partial charge in [-0.15, -0.1) is 0 Å². The lowest BCUT2D eigenvalue weighted by molar-refractivity contribution is -0.139. The number of esters is 1. The molecule has 1 atom stereocenters. The first kappa shape index (κ1) is 43.1. The molecule has 4 aromatic carbocycles. The number of hydrogen-bond donors (Lipinski definition) is 5. The lowest BCUT2D eigenvalue weighted by atomic mass is 9.90. The Morgan fingerprint density at radius 2 is 1.16 bits per heavy atom. The molecule has 0 aliphatic heterocycles. The van der Waals surface area contributed by atoms with E-state index in [1.54, 1.807) is 24.3 Å². The van der Waals surface area contributed by atoms with Crippen molar-refractivity contribution in [3.05, 3.63) is 111 Å². The van der Waals surface area contributed by atoms with E-state index in [-0.39, 0.29) is 67.0 Å². The van der Waals surface area contributed by atoms with Gasteiger partial charge in [-0.05, 0) is 82.8 Å². The van der Waals surface area contributed by atoms with Crippen molar-refractivity contribution in [3.8, 4) is 23.0 Å². The molecule has 0 saturated carbocycles. The molecule has 0 unspecified atom stereocenters. The van der Waals surface area contributed by atoms with Crippen LogP contribution in [0.4, 0.5) is 5.69 Å². The number of phenolic OH excluding ortho intramolecular Hbond substituents is 2. The standard InChI is InChI=1S/C46H55N3O9/c1-7-15-57-43-29-11-9-13-31(43)20-35-24-38(49-46(55)39(17-27(3)4)48-28(5)50)25-36(42(35)53)21-32-14-10-12-30(44(32)58-16-8-2)19-34-23-37(22-33(18-29)41(34)52)45(54)47-26-40(51)56-6/h9-14,22-25,27,39,52-53H,7-8,15-21,26H2,1-6H3,(H,47,54)(H,48,50)(H,49,55)/t39-/m1/s1. The third-order valence-corrected chi connectivity index (χ3v) is 9.87. The number of carbonyl (C=O) groups is 4. The molecule has 0 heterocycles. The van der Waals surface area contributed by atoms with Crippen molar-refractivity contribution in [1.82, 2.24) is 10.6 Å². The maximum absolute atomic E-state index is 13.7. The molecule has 5 N–H and O–H groups in total. The largest absolute Gasteiger partial charge is 0.507 e. The van der Waals surface area contributed by atoms with Crippen LogP contribution in [0.15, 0.2) is 60.7 Å². The molecule has 12 heteroatoms. The van der Waals surface area contributed by atoms with Gasteiger partial charge in [0.15, 0.2) is 0 Å². The van der Waals surface area contributed by atoms with E-state index in [0.717, 1.165) is 35.1 Å². The average molecular weight is 794 g/mol. The number of phenols is 2. The number of hydrogen-bond acceptors (Lipinski definition) is 9. The molecular formula is C46H55N3O9. The molecule has 1 aliphatic rings. The Hall–Kier alpha value is -6.04. The summed E-state index contributed by atoms with van der Waals surface area (Å²) in [6, 6.07) is 17.4. The minimum atomic E-state index is -0.756. The average Bonchev–Trinajstić information content (AvgIpc) is 3.18. The van der Waals surface area contributed by atoms with E-state index in [9.17, 15) is 29.4 Å². The molecule has 58 heavy (non-hydrogen) atoms. The highest BCUT2D eigenvalue weighted by atomic mass is 16.5. The normalized spacial score (nSPS) is 12.6. The molecule has 0 spiro atoms. The number of ether oxygens (including phenoxy) is 3. The van der Waals surface area contributed by atoms with E-state index >= 15 is 0 Å². The summed E-state index contributed by atoms with van der Waals surface area (Å²) in [5.74, 6) is -0.380. The highest BCUT2D eigenvalue weighted by Crippen LogP contribution is 2.39. The molecule has 0 radical (unpaired) electrons. The highest BCUT2D eigenvalue weighted by Gasteiger charge is 2.25. The van der Waals surface area contributed by atoms with Crippen molar-refractivity contribution < 1.29 is 43.6 Å². The van der Waals surface area contributed by atoms with Crippen LogP contribution >= 0.6 is 0 Å². The molecule has 0 fully saturated rings. The minimum Gasteiger partial charge on any atom is -0.507 e. The molecule has 5 rings (SSSR count). The Labute approximate surface area is 340 Å². The molecule has 4 aromatic rings. The number of amides is 3. The summed E-state index contributed by atoms with van der Waals surface area (Å²) >= 11 is 0. The lowest BCUT2D eigenvalue weighted by Gasteiger charge is -2.22. The summed E-state index contributed by atoms with van der Waals surface area (Å²) in [6.07, 6.45) is 2.72. The maximum Gasteiger partial charge on any atom is 0.325 e. The Balaban J connectivity index is 1.72.